The van der Waals surface area contributed by atoms with Crippen LogP contribution in [0.15, 0.2) is 40.9 Å². The number of aromatic nitrogens is 1. The van der Waals surface area contributed by atoms with Crippen LogP contribution in [-0.2, 0) is 0 Å². The quantitative estimate of drug-likeness (QED) is 0.793. The Morgan fingerprint density at radius 1 is 1.30 bits per heavy atom. The van der Waals surface area contributed by atoms with Gasteiger partial charge >= 0.3 is 0 Å². The molecule has 116 valence electrons. The Balaban J connectivity index is 1.54. The average Bonchev–Trinajstić information content (AvgIpc) is 3.30. The van der Waals surface area contributed by atoms with Crippen LogP contribution < -0.4 is 0 Å². The van der Waals surface area contributed by atoms with E-state index in [1.54, 1.807) is 11.0 Å². The second-order valence-corrected chi connectivity index (χ2v) is 6.06. The molecular formula is C17H16N4O2. The summed E-state index contributed by atoms with van der Waals surface area (Å²) in [6, 6.07) is 11.4. The SMILES string of the molecule is N#CN1C[C@H]2CCN(C(=O)c3cc(-c4ccccc4)no3)[C@H]2C1. The molecule has 1 aromatic heterocycles. The zero-order valence-electron chi connectivity index (χ0n) is 12.6. The minimum Gasteiger partial charge on any atom is -0.350 e. The Kier molecular flexibility index (Phi) is 3.27. The molecule has 0 N–H and O–H groups in total. The molecule has 2 aromatic rings. The van der Waals surface area contributed by atoms with Gasteiger partial charge in [0.1, 0.15) is 5.69 Å². The summed E-state index contributed by atoms with van der Waals surface area (Å²) < 4.78 is 5.28. The first kappa shape index (κ1) is 13.8. The third-order valence-corrected chi connectivity index (χ3v) is 4.74. The normalized spacial score (nSPS) is 22.9. The maximum atomic E-state index is 12.7. The summed E-state index contributed by atoms with van der Waals surface area (Å²) in [5.74, 6) is 0.516. The maximum Gasteiger partial charge on any atom is 0.292 e. The fourth-order valence-corrected chi connectivity index (χ4v) is 3.56. The van der Waals surface area contributed by atoms with Gasteiger partial charge < -0.3 is 14.3 Å². The van der Waals surface area contributed by atoms with Gasteiger partial charge in [0.05, 0.1) is 6.04 Å². The zero-order valence-corrected chi connectivity index (χ0v) is 12.6. The third kappa shape index (κ3) is 2.34. The smallest absolute Gasteiger partial charge is 0.292 e. The molecule has 3 heterocycles. The minimum absolute atomic E-state index is 0.104. The molecule has 1 amide bonds. The molecule has 2 aliphatic rings. The zero-order chi connectivity index (χ0) is 15.8. The van der Waals surface area contributed by atoms with Gasteiger partial charge in [-0.05, 0) is 6.42 Å². The van der Waals surface area contributed by atoms with Crippen LogP contribution in [0.4, 0.5) is 0 Å². The Morgan fingerprint density at radius 3 is 2.91 bits per heavy atom. The van der Waals surface area contributed by atoms with E-state index >= 15 is 0 Å². The molecular weight excluding hydrogens is 292 g/mol. The Morgan fingerprint density at radius 2 is 2.13 bits per heavy atom. The Labute approximate surface area is 133 Å². The fraction of sp³-hybridized carbons (Fsp3) is 0.353. The van der Waals surface area contributed by atoms with E-state index < -0.39 is 0 Å². The van der Waals surface area contributed by atoms with Gasteiger partial charge in [-0.15, -0.1) is 0 Å². The summed E-state index contributed by atoms with van der Waals surface area (Å²) in [7, 11) is 0. The van der Waals surface area contributed by atoms with Crippen LogP contribution in [0.3, 0.4) is 0 Å². The van der Waals surface area contributed by atoms with Gasteiger partial charge in [-0.25, -0.2) is 0 Å². The number of nitrogens with zero attached hydrogens (tertiary/aromatic N) is 4. The van der Waals surface area contributed by atoms with Crippen molar-refractivity contribution in [3.63, 3.8) is 0 Å². The number of likely N-dealkylation sites (tertiary alicyclic amines) is 2. The lowest BCUT2D eigenvalue weighted by Gasteiger charge is -2.22. The summed E-state index contributed by atoms with van der Waals surface area (Å²) >= 11 is 0. The summed E-state index contributed by atoms with van der Waals surface area (Å²) in [6.45, 7) is 2.08. The van der Waals surface area contributed by atoms with E-state index in [4.69, 9.17) is 9.78 Å². The second-order valence-electron chi connectivity index (χ2n) is 6.06. The number of rotatable bonds is 2. The predicted octanol–water partition coefficient (Wildman–Crippen LogP) is 1.97. The monoisotopic (exact) mass is 308 g/mol. The number of benzene rings is 1. The number of hydrogen-bond acceptors (Lipinski definition) is 5. The Hall–Kier alpha value is -2.81. The molecule has 0 spiro atoms. The highest BCUT2D eigenvalue weighted by molar-refractivity contribution is 5.93. The molecule has 0 aliphatic carbocycles. The van der Waals surface area contributed by atoms with Crippen molar-refractivity contribution in [3.8, 4) is 17.5 Å². The topological polar surface area (TPSA) is 73.4 Å². The standard InChI is InChI=1S/C17H16N4O2/c18-11-20-9-13-6-7-21(15(13)10-20)17(22)16-8-14(19-23-16)12-4-2-1-3-5-12/h1-5,8,13,15H,6-7,9-10H2/t13-,15+/m1/s1. The van der Waals surface area contributed by atoms with E-state index in [9.17, 15) is 4.79 Å². The number of amides is 1. The minimum atomic E-state index is -0.132. The number of hydrogen-bond donors (Lipinski definition) is 0. The van der Waals surface area contributed by atoms with Gasteiger partial charge in [0.25, 0.3) is 5.91 Å². The molecule has 2 aliphatic heterocycles. The molecule has 0 saturated carbocycles. The average molecular weight is 308 g/mol. The van der Waals surface area contributed by atoms with Crippen LogP contribution in [0.2, 0.25) is 0 Å². The van der Waals surface area contributed by atoms with Crippen molar-refractivity contribution in [2.24, 2.45) is 5.92 Å². The highest BCUT2D eigenvalue weighted by Gasteiger charge is 2.44. The molecule has 6 heteroatoms. The highest BCUT2D eigenvalue weighted by Crippen LogP contribution is 2.32. The van der Waals surface area contributed by atoms with Crippen molar-refractivity contribution >= 4 is 5.91 Å². The lowest BCUT2D eigenvalue weighted by Crippen LogP contribution is -2.39. The molecule has 0 unspecified atom stereocenters. The molecule has 2 fully saturated rings. The van der Waals surface area contributed by atoms with Gasteiger partial charge in [0, 0.05) is 37.2 Å². The molecule has 23 heavy (non-hydrogen) atoms. The van der Waals surface area contributed by atoms with E-state index in [1.807, 2.05) is 35.2 Å². The van der Waals surface area contributed by atoms with Crippen molar-refractivity contribution in [2.45, 2.75) is 12.5 Å². The lowest BCUT2D eigenvalue weighted by molar-refractivity contribution is 0.0689. The summed E-state index contributed by atoms with van der Waals surface area (Å²) in [6.07, 6.45) is 3.12. The van der Waals surface area contributed by atoms with Crippen LogP contribution in [0.5, 0.6) is 0 Å². The third-order valence-electron chi connectivity index (χ3n) is 4.74. The summed E-state index contributed by atoms with van der Waals surface area (Å²) in [4.78, 5) is 16.3. The summed E-state index contributed by atoms with van der Waals surface area (Å²) in [5, 5.41) is 13.0. The van der Waals surface area contributed by atoms with Crippen molar-refractivity contribution in [2.75, 3.05) is 19.6 Å². The van der Waals surface area contributed by atoms with Crippen LogP contribution in [0, 0.1) is 17.4 Å². The highest BCUT2D eigenvalue weighted by atomic mass is 16.5. The largest absolute Gasteiger partial charge is 0.350 e. The van der Waals surface area contributed by atoms with Crippen molar-refractivity contribution in [1.29, 1.82) is 5.26 Å². The lowest BCUT2D eigenvalue weighted by atomic mass is 10.1. The first-order chi connectivity index (χ1) is 11.3. The first-order valence-electron chi connectivity index (χ1n) is 7.74. The van der Waals surface area contributed by atoms with E-state index in [0.29, 0.717) is 18.2 Å². The van der Waals surface area contributed by atoms with Gasteiger partial charge in [0.2, 0.25) is 5.76 Å². The van der Waals surface area contributed by atoms with Crippen LogP contribution in [-0.4, -0.2) is 46.5 Å². The number of nitriles is 1. The molecule has 0 bridgehead atoms. The maximum absolute atomic E-state index is 12.7. The van der Waals surface area contributed by atoms with Gasteiger partial charge in [-0.1, -0.05) is 35.5 Å². The van der Waals surface area contributed by atoms with E-state index in [-0.39, 0.29) is 17.7 Å². The molecule has 1 aromatic carbocycles. The van der Waals surface area contributed by atoms with E-state index in [1.165, 1.54) is 0 Å². The molecule has 2 atom stereocenters. The Bertz CT molecular complexity index is 764. The molecule has 0 radical (unpaired) electrons. The van der Waals surface area contributed by atoms with Crippen molar-refractivity contribution in [1.82, 2.24) is 15.0 Å². The predicted molar refractivity (Wildman–Crippen MR) is 82.1 cm³/mol. The fourth-order valence-electron chi connectivity index (χ4n) is 3.56. The van der Waals surface area contributed by atoms with E-state index in [0.717, 1.165) is 25.1 Å². The van der Waals surface area contributed by atoms with Crippen LogP contribution in [0.1, 0.15) is 17.0 Å². The molecule has 2 saturated heterocycles. The first-order valence-corrected chi connectivity index (χ1v) is 7.74. The van der Waals surface area contributed by atoms with E-state index in [2.05, 4.69) is 11.3 Å². The van der Waals surface area contributed by atoms with Crippen LogP contribution >= 0.6 is 0 Å². The van der Waals surface area contributed by atoms with Gasteiger partial charge in [0.15, 0.2) is 6.19 Å². The van der Waals surface area contributed by atoms with Gasteiger partial charge in [-0.3, -0.25) is 4.79 Å². The molecule has 4 rings (SSSR count). The van der Waals surface area contributed by atoms with Crippen LogP contribution in [0.25, 0.3) is 11.3 Å². The van der Waals surface area contributed by atoms with Crippen molar-refractivity contribution in [3.05, 3.63) is 42.2 Å². The van der Waals surface area contributed by atoms with Crippen molar-refractivity contribution < 1.29 is 9.32 Å². The molecule has 6 nitrogen and oxygen atoms in total. The number of carbonyl (C=O) groups is 1. The number of fused-ring (bicyclic) bond motifs is 1. The number of carbonyl (C=O) groups excluding carboxylic acids is 1. The van der Waals surface area contributed by atoms with Gasteiger partial charge in [-0.2, -0.15) is 5.26 Å². The second kappa shape index (κ2) is 5.43. The summed E-state index contributed by atoms with van der Waals surface area (Å²) in [5.41, 5.74) is 1.58.